The number of nitrogens with one attached hydrogen (secondary N) is 1. The van der Waals surface area contributed by atoms with Crippen molar-refractivity contribution in [2.75, 3.05) is 6.61 Å². The predicted octanol–water partition coefficient (Wildman–Crippen LogP) is 2.14. The minimum atomic E-state index is -0.544. The Morgan fingerprint density at radius 1 is 1.35 bits per heavy atom. The second-order valence-electron chi connectivity index (χ2n) is 4.54. The molecule has 0 spiro atoms. The summed E-state index contributed by atoms with van der Waals surface area (Å²) < 4.78 is 0. The number of aryl methyl sites for hydroxylation is 1. The van der Waals surface area contributed by atoms with Crippen molar-refractivity contribution in [2.24, 2.45) is 0 Å². The van der Waals surface area contributed by atoms with Gasteiger partial charge < -0.3 is 10.4 Å². The van der Waals surface area contributed by atoms with Crippen molar-refractivity contribution in [1.29, 1.82) is 0 Å². The van der Waals surface area contributed by atoms with Crippen LogP contribution in [0.4, 0.5) is 0 Å². The van der Waals surface area contributed by atoms with E-state index < -0.39 is 5.54 Å². The second-order valence-corrected chi connectivity index (χ2v) is 4.54. The molecule has 0 fully saturated rings. The number of aliphatic hydroxyl groups excluding tert-OH is 1. The third kappa shape index (κ3) is 3.30. The van der Waals surface area contributed by atoms with E-state index in [0.29, 0.717) is 12.0 Å². The zero-order valence-corrected chi connectivity index (χ0v) is 10.8. The molecule has 1 unspecified atom stereocenters. The van der Waals surface area contributed by atoms with Gasteiger partial charge in [0.05, 0.1) is 12.1 Å². The molecule has 0 saturated heterocycles. The molecule has 1 rings (SSSR count). The van der Waals surface area contributed by atoms with Gasteiger partial charge in [0.25, 0.3) is 5.91 Å². The van der Waals surface area contributed by atoms with Crippen LogP contribution >= 0.6 is 0 Å². The molecule has 0 aromatic heterocycles. The lowest BCUT2D eigenvalue weighted by Crippen LogP contribution is -2.48. The molecule has 0 heterocycles. The number of hydrogen-bond acceptors (Lipinski definition) is 2. The Balaban J connectivity index is 2.90. The van der Waals surface area contributed by atoms with E-state index in [9.17, 15) is 9.90 Å². The van der Waals surface area contributed by atoms with Crippen LogP contribution in [0.15, 0.2) is 24.3 Å². The molecule has 1 amide bonds. The van der Waals surface area contributed by atoms with Gasteiger partial charge in [-0.3, -0.25) is 4.79 Å². The molecule has 0 aliphatic carbocycles. The number of amides is 1. The SMILES string of the molecule is CCc1ccccc1C(=O)NC(C)(CC)CO. The third-order valence-corrected chi connectivity index (χ3v) is 3.19. The molecule has 1 aromatic rings. The molecule has 94 valence electrons. The van der Waals surface area contributed by atoms with Crippen LogP contribution in [0.2, 0.25) is 0 Å². The average Bonchev–Trinajstić information content (AvgIpc) is 2.38. The molecule has 0 radical (unpaired) electrons. The fourth-order valence-electron chi connectivity index (χ4n) is 1.63. The first-order valence-electron chi connectivity index (χ1n) is 6.07. The van der Waals surface area contributed by atoms with E-state index in [1.807, 2.05) is 45.0 Å². The fraction of sp³-hybridized carbons (Fsp3) is 0.500. The molecule has 0 aliphatic heterocycles. The van der Waals surface area contributed by atoms with Crippen molar-refractivity contribution in [3.8, 4) is 0 Å². The summed E-state index contributed by atoms with van der Waals surface area (Å²) in [5.74, 6) is -0.110. The summed E-state index contributed by atoms with van der Waals surface area (Å²) >= 11 is 0. The molecule has 2 N–H and O–H groups in total. The molecule has 1 aromatic carbocycles. The number of carbonyl (C=O) groups is 1. The molecule has 3 nitrogen and oxygen atoms in total. The summed E-state index contributed by atoms with van der Waals surface area (Å²) in [6, 6.07) is 7.57. The molecule has 1 atom stereocenters. The van der Waals surface area contributed by atoms with Gasteiger partial charge in [0.1, 0.15) is 0 Å². The first kappa shape index (κ1) is 13.7. The van der Waals surface area contributed by atoms with Gasteiger partial charge in [-0.15, -0.1) is 0 Å². The highest BCUT2D eigenvalue weighted by Crippen LogP contribution is 2.13. The predicted molar refractivity (Wildman–Crippen MR) is 69.1 cm³/mol. The third-order valence-electron chi connectivity index (χ3n) is 3.19. The molecule has 0 aliphatic rings. The Kier molecular flexibility index (Phi) is 4.70. The van der Waals surface area contributed by atoms with Crippen molar-refractivity contribution in [1.82, 2.24) is 5.32 Å². The molecular weight excluding hydrogens is 214 g/mol. The van der Waals surface area contributed by atoms with E-state index in [1.54, 1.807) is 0 Å². The van der Waals surface area contributed by atoms with Crippen molar-refractivity contribution in [3.05, 3.63) is 35.4 Å². The number of rotatable bonds is 5. The minimum absolute atomic E-state index is 0.0521. The van der Waals surface area contributed by atoms with Crippen LogP contribution in [0.3, 0.4) is 0 Å². The van der Waals surface area contributed by atoms with Crippen LogP contribution < -0.4 is 5.32 Å². The van der Waals surface area contributed by atoms with Crippen LogP contribution in [0.25, 0.3) is 0 Å². The van der Waals surface area contributed by atoms with Crippen LogP contribution in [-0.4, -0.2) is 23.2 Å². The van der Waals surface area contributed by atoms with Gasteiger partial charge in [-0.2, -0.15) is 0 Å². The number of carbonyl (C=O) groups excluding carboxylic acids is 1. The summed E-state index contributed by atoms with van der Waals surface area (Å²) in [5.41, 5.74) is 1.18. The average molecular weight is 235 g/mol. The Hall–Kier alpha value is -1.35. The normalized spacial score (nSPS) is 14.1. The molecule has 3 heteroatoms. The van der Waals surface area contributed by atoms with Crippen molar-refractivity contribution >= 4 is 5.91 Å². The highest BCUT2D eigenvalue weighted by Gasteiger charge is 2.24. The van der Waals surface area contributed by atoms with E-state index in [-0.39, 0.29) is 12.5 Å². The van der Waals surface area contributed by atoms with E-state index >= 15 is 0 Å². The monoisotopic (exact) mass is 235 g/mol. The molecule has 0 bridgehead atoms. The van der Waals surface area contributed by atoms with Crippen molar-refractivity contribution in [2.45, 2.75) is 39.2 Å². The van der Waals surface area contributed by atoms with Gasteiger partial charge in [-0.25, -0.2) is 0 Å². The summed E-state index contributed by atoms with van der Waals surface area (Å²) in [7, 11) is 0. The van der Waals surface area contributed by atoms with Crippen LogP contribution in [0.1, 0.15) is 43.1 Å². The van der Waals surface area contributed by atoms with Gasteiger partial charge >= 0.3 is 0 Å². The molecule has 17 heavy (non-hydrogen) atoms. The van der Waals surface area contributed by atoms with Gasteiger partial charge in [0.15, 0.2) is 0 Å². The Labute approximate surface area is 103 Å². The zero-order chi connectivity index (χ0) is 12.9. The van der Waals surface area contributed by atoms with Gasteiger partial charge in [-0.1, -0.05) is 32.0 Å². The lowest BCUT2D eigenvalue weighted by molar-refractivity contribution is 0.0846. The van der Waals surface area contributed by atoms with E-state index in [0.717, 1.165) is 12.0 Å². The summed E-state index contributed by atoms with van der Waals surface area (Å²) in [5, 5.41) is 12.2. The summed E-state index contributed by atoms with van der Waals surface area (Å²) in [6.07, 6.45) is 1.52. The van der Waals surface area contributed by atoms with Crippen LogP contribution in [-0.2, 0) is 6.42 Å². The van der Waals surface area contributed by atoms with Gasteiger partial charge in [0, 0.05) is 5.56 Å². The second kappa shape index (κ2) is 5.82. The highest BCUT2D eigenvalue weighted by molar-refractivity contribution is 5.96. The Morgan fingerprint density at radius 2 is 2.00 bits per heavy atom. The number of hydrogen-bond donors (Lipinski definition) is 2. The van der Waals surface area contributed by atoms with Crippen LogP contribution in [0.5, 0.6) is 0 Å². The topological polar surface area (TPSA) is 49.3 Å². The quantitative estimate of drug-likeness (QED) is 0.821. The number of benzene rings is 1. The molecular formula is C14H21NO2. The Morgan fingerprint density at radius 3 is 2.53 bits per heavy atom. The first-order valence-corrected chi connectivity index (χ1v) is 6.07. The van der Waals surface area contributed by atoms with Gasteiger partial charge in [-0.05, 0) is 31.4 Å². The fourth-order valence-corrected chi connectivity index (χ4v) is 1.63. The summed E-state index contributed by atoms with van der Waals surface area (Å²) in [6.45, 7) is 5.77. The van der Waals surface area contributed by atoms with Gasteiger partial charge in [0.2, 0.25) is 0 Å². The van der Waals surface area contributed by atoms with Crippen LogP contribution in [0, 0.1) is 0 Å². The maximum Gasteiger partial charge on any atom is 0.252 e. The maximum absolute atomic E-state index is 12.1. The number of aliphatic hydroxyl groups is 1. The van der Waals surface area contributed by atoms with E-state index in [1.165, 1.54) is 0 Å². The zero-order valence-electron chi connectivity index (χ0n) is 10.8. The first-order chi connectivity index (χ1) is 8.06. The van der Waals surface area contributed by atoms with Crippen molar-refractivity contribution in [3.63, 3.8) is 0 Å². The lowest BCUT2D eigenvalue weighted by atomic mass is 9.98. The maximum atomic E-state index is 12.1. The molecule has 0 saturated carbocycles. The van der Waals surface area contributed by atoms with E-state index in [2.05, 4.69) is 5.32 Å². The highest BCUT2D eigenvalue weighted by atomic mass is 16.3. The lowest BCUT2D eigenvalue weighted by Gasteiger charge is -2.27. The smallest absolute Gasteiger partial charge is 0.252 e. The largest absolute Gasteiger partial charge is 0.394 e. The van der Waals surface area contributed by atoms with Crippen molar-refractivity contribution < 1.29 is 9.90 Å². The standard InChI is InChI=1S/C14H21NO2/c1-4-11-8-6-7-9-12(11)13(17)15-14(3,5-2)10-16/h6-9,16H,4-5,10H2,1-3H3,(H,15,17). The Bertz CT molecular complexity index is 384. The minimum Gasteiger partial charge on any atom is -0.394 e. The summed E-state index contributed by atoms with van der Waals surface area (Å²) in [4.78, 5) is 12.1. The van der Waals surface area contributed by atoms with E-state index in [4.69, 9.17) is 0 Å².